The van der Waals surface area contributed by atoms with Gasteiger partial charge in [-0.15, -0.1) is 0 Å². The third-order valence-electron chi connectivity index (χ3n) is 3.98. The lowest BCUT2D eigenvalue weighted by molar-refractivity contribution is -0.121. The van der Waals surface area contributed by atoms with Crippen molar-refractivity contribution in [3.8, 4) is 0 Å². The van der Waals surface area contributed by atoms with Crippen molar-refractivity contribution < 1.29 is 9.90 Å². The molecular formula is C18H24N2O3S. The summed E-state index contributed by atoms with van der Waals surface area (Å²) in [6, 6.07) is 9.87. The predicted octanol–water partition coefficient (Wildman–Crippen LogP) is 2.28. The largest absolute Gasteiger partial charge is 0.393 e. The van der Waals surface area contributed by atoms with Gasteiger partial charge in [0, 0.05) is 36.5 Å². The van der Waals surface area contributed by atoms with Crippen LogP contribution in [0.5, 0.6) is 0 Å². The molecule has 5 nitrogen and oxygen atoms in total. The Hall–Kier alpha value is -1.92. The number of aliphatic hydroxyl groups is 1. The van der Waals surface area contributed by atoms with Crippen LogP contribution in [0.3, 0.4) is 0 Å². The monoisotopic (exact) mass is 348 g/mol. The van der Waals surface area contributed by atoms with E-state index in [2.05, 4.69) is 5.32 Å². The molecule has 2 rings (SSSR count). The van der Waals surface area contributed by atoms with Gasteiger partial charge in [0.15, 0.2) is 0 Å². The lowest BCUT2D eigenvalue weighted by Gasteiger charge is -2.19. The molecule has 0 spiro atoms. The van der Waals surface area contributed by atoms with Crippen LogP contribution < -0.4 is 10.2 Å². The fraction of sp³-hybridized carbons (Fsp3) is 0.444. The van der Waals surface area contributed by atoms with E-state index in [1.54, 1.807) is 16.9 Å². The van der Waals surface area contributed by atoms with Crippen molar-refractivity contribution >= 4 is 17.2 Å². The number of carbonyl (C=O) groups is 1. The smallest absolute Gasteiger partial charge is 0.307 e. The maximum atomic E-state index is 12.1. The number of hydrogen-bond donors (Lipinski definition) is 2. The Morgan fingerprint density at radius 1 is 1.33 bits per heavy atom. The highest BCUT2D eigenvalue weighted by Gasteiger charge is 2.15. The minimum absolute atomic E-state index is 0.0310. The van der Waals surface area contributed by atoms with Crippen LogP contribution in [0.15, 0.2) is 40.5 Å². The van der Waals surface area contributed by atoms with E-state index in [9.17, 15) is 14.7 Å². The molecule has 2 aromatic rings. The lowest BCUT2D eigenvalue weighted by Crippen LogP contribution is -2.31. The van der Waals surface area contributed by atoms with Crippen LogP contribution in [0.1, 0.15) is 36.9 Å². The molecule has 0 radical (unpaired) electrons. The van der Waals surface area contributed by atoms with Gasteiger partial charge in [-0.3, -0.25) is 9.59 Å². The van der Waals surface area contributed by atoms with E-state index in [0.29, 0.717) is 19.5 Å². The van der Waals surface area contributed by atoms with Crippen LogP contribution in [-0.2, 0) is 11.3 Å². The number of aryl methyl sites for hydroxylation is 1. The van der Waals surface area contributed by atoms with Crippen LogP contribution >= 0.6 is 11.3 Å². The number of benzene rings is 1. The normalized spacial score (nSPS) is 13.5. The minimum Gasteiger partial charge on any atom is -0.393 e. The Kier molecular flexibility index (Phi) is 6.75. The van der Waals surface area contributed by atoms with E-state index in [1.807, 2.05) is 37.3 Å². The van der Waals surface area contributed by atoms with Crippen molar-refractivity contribution in [2.75, 3.05) is 6.54 Å². The average Bonchev–Trinajstić information content (AvgIpc) is 2.88. The van der Waals surface area contributed by atoms with Crippen molar-refractivity contribution in [1.82, 2.24) is 9.88 Å². The second kappa shape index (κ2) is 8.80. The van der Waals surface area contributed by atoms with E-state index in [1.165, 1.54) is 0 Å². The molecule has 0 aliphatic rings. The molecule has 0 aliphatic heterocycles. The zero-order valence-corrected chi connectivity index (χ0v) is 14.9. The number of nitrogens with one attached hydrogen (secondary N) is 1. The number of rotatable bonds is 8. The van der Waals surface area contributed by atoms with Crippen molar-refractivity contribution in [1.29, 1.82) is 0 Å². The lowest BCUT2D eigenvalue weighted by atomic mass is 9.93. The summed E-state index contributed by atoms with van der Waals surface area (Å²) in [5.74, 6) is -0.0141. The number of aliphatic hydroxyl groups excluding tert-OH is 1. The van der Waals surface area contributed by atoms with Crippen LogP contribution in [0.25, 0.3) is 0 Å². The number of thiazole rings is 1. The number of nitrogens with zero attached hydrogens (tertiary/aromatic N) is 1. The fourth-order valence-electron chi connectivity index (χ4n) is 2.69. The third-order valence-corrected chi connectivity index (χ3v) is 4.86. The van der Waals surface area contributed by atoms with E-state index < -0.39 is 6.10 Å². The van der Waals surface area contributed by atoms with E-state index in [0.717, 1.165) is 22.6 Å². The highest BCUT2D eigenvalue weighted by molar-refractivity contribution is 7.07. The summed E-state index contributed by atoms with van der Waals surface area (Å²) in [5.41, 5.74) is 1.98. The molecule has 24 heavy (non-hydrogen) atoms. The number of amides is 1. The Bertz CT molecular complexity index is 707. The molecule has 2 unspecified atom stereocenters. The first kappa shape index (κ1) is 18.4. The number of carbonyl (C=O) groups excluding carboxylic acids is 1. The molecule has 0 bridgehead atoms. The molecule has 2 N–H and O–H groups in total. The maximum absolute atomic E-state index is 12.1. The van der Waals surface area contributed by atoms with Gasteiger partial charge in [0.1, 0.15) is 0 Å². The van der Waals surface area contributed by atoms with Crippen LogP contribution in [0.4, 0.5) is 0 Å². The first-order chi connectivity index (χ1) is 11.5. The van der Waals surface area contributed by atoms with Crippen molar-refractivity contribution in [2.45, 2.75) is 45.3 Å². The molecule has 0 fully saturated rings. The quantitative estimate of drug-likeness (QED) is 0.769. The molecule has 0 aliphatic carbocycles. The van der Waals surface area contributed by atoms with E-state index >= 15 is 0 Å². The van der Waals surface area contributed by atoms with Crippen LogP contribution in [0, 0.1) is 6.92 Å². The predicted molar refractivity (Wildman–Crippen MR) is 96.4 cm³/mol. The van der Waals surface area contributed by atoms with Gasteiger partial charge in [-0.2, -0.15) is 0 Å². The van der Waals surface area contributed by atoms with Gasteiger partial charge >= 0.3 is 4.87 Å². The molecule has 1 aromatic carbocycles. The average molecular weight is 348 g/mol. The second-order valence-corrected chi connectivity index (χ2v) is 6.86. The molecule has 0 saturated carbocycles. The van der Waals surface area contributed by atoms with Crippen molar-refractivity contribution in [2.24, 2.45) is 0 Å². The molecule has 130 valence electrons. The topological polar surface area (TPSA) is 71.3 Å². The molecule has 6 heteroatoms. The molecular weight excluding hydrogens is 324 g/mol. The highest BCUT2D eigenvalue weighted by atomic mass is 32.1. The highest BCUT2D eigenvalue weighted by Crippen LogP contribution is 2.20. The summed E-state index contributed by atoms with van der Waals surface area (Å²) >= 11 is 1.15. The summed E-state index contributed by atoms with van der Waals surface area (Å²) in [6.45, 7) is 4.49. The minimum atomic E-state index is -0.431. The van der Waals surface area contributed by atoms with Gasteiger partial charge in [-0.1, -0.05) is 41.7 Å². The number of aromatic nitrogens is 1. The summed E-state index contributed by atoms with van der Waals surface area (Å²) in [4.78, 5) is 23.7. The molecule has 2 atom stereocenters. The van der Waals surface area contributed by atoms with E-state index in [4.69, 9.17) is 0 Å². The zero-order valence-electron chi connectivity index (χ0n) is 14.1. The van der Waals surface area contributed by atoms with Gasteiger partial charge in [0.05, 0.1) is 6.10 Å². The summed E-state index contributed by atoms with van der Waals surface area (Å²) in [6.07, 6.45) is 0.431. The molecule has 1 amide bonds. The summed E-state index contributed by atoms with van der Waals surface area (Å²) < 4.78 is 1.62. The molecule has 1 heterocycles. The van der Waals surface area contributed by atoms with Gasteiger partial charge in [0.25, 0.3) is 0 Å². The molecule has 1 aromatic heterocycles. The Morgan fingerprint density at radius 2 is 2.04 bits per heavy atom. The standard InChI is InChI=1S/C18H24N2O3S/c1-13-12-24-18(23)20(13)9-8-17(22)19-11-16(10-14(2)21)15-6-4-3-5-7-15/h3-7,12,14,16,21H,8-11H2,1-2H3,(H,19,22). The summed E-state index contributed by atoms with van der Waals surface area (Å²) in [7, 11) is 0. The van der Waals surface area contributed by atoms with Gasteiger partial charge in [0.2, 0.25) is 5.91 Å². The Labute approximate surface area is 146 Å². The first-order valence-electron chi connectivity index (χ1n) is 8.12. The van der Waals surface area contributed by atoms with Gasteiger partial charge in [-0.05, 0) is 25.8 Å². The molecule has 0 saturated heterocycles. The van der Waals surface area contributed by atoms with Crippen molar-refractivity contribution in [3.05, 3.63) is 56.6 Å². The fourth-order valence-corrected chi connectivity index (χ4v) is 3.45. The SMILES string of the molecule is Cc1csc(=O)n1CCC(=O)NCC(CC(C)O)c1ccccc1. The Morgan fingerprint density at radius 3 is 2.62 bits per heavy atom. The first-order valence-corrected chi connectivity index (χ1v) is 9.00. The van der Waals surface area contributed by atoms with Crippen LogP contribution in [0.2, 0.25) is 0 Å². The van der Waals surface area contributed by atoms with Crippen LogP contribution in [-0.4, -0.2) is 28.2 Å². The van der Waals surface area contributed by atoms with Crippen molar-refractivity contribution in [3.63, 3.8) is 0 Å². The maximum Gasteiger partial charge on any atom is 0.307 e. The van der Waals surface area contributed by atoms with Gasteiger partial charge < -0.3 is 15.0 Å². The summed E-state index contributed by atoms with van der Waals surface area (Å²) in [5, 5.41) is 14.4. The Balaban J connectivity index is 1.89. The number of hydrogen-bond acceptors (Lipinski definition) is 4. The van der Waals surface area contributed by atoms with Gasteiger partial charge in [-0.25, -0.2) is 0 Å². The van der Waals surface area contributed by atoms with E-state index in [-0.39, 0.29) is 23.1 Å². The second-order valence-electron chi connectivity index (χ2n) is 6.04. The zero-order chi connectivity index (χ0) is 17.5. The third kappa shape index (κ3) is 5.32.